The van der Waals surface area contributed by atoms with Gasteiger partial charge in [-0.3, -0.25) is 10.1 Å². The summed E-state index contributed by atoms with van der Waals surface area (Å²) in [5, 5.41) is 28.1. The Morgan fingerprint density at radius 3 is 2.29 bits per heavy atom. The van der Waals surface area contributed by atoms with Gasteiger partial charge in [-0.1, -0.05) is 0 Å². The highest BCUT2D eigenvalue weighted by Crippen LogP contribution is 2.15. The van der Waals surface area contributed by atoms with Crippen molar-refractivity contribution in [1.29, 1.82) is 10.5 Å². The van der Waals surface area contributed by atoms with Gasteiger partial charge in [-0.05, 0) is 19.1 Å². The average Bonchev–Trinajstić information content (AvgIpc) is 2.55. The van der Waals surface area contributed by atoms with E-state index in [0.717, 1.165) is 24.3 Å². The Morgan fingerprint density at radius 2 is 1.83 bits per heavy atom. The highest BCUT2D eigenvalue weighted by atomic mass is 32.2. The van der Waals surface area contributed by atoms with Crippen LogP contribution in [0.5, 0.6) is 0 Å². The molecule has 0 aliphatic carbocycles. The molecule has 0 saturated heterocycles. The summed E-state index contributed by atoms with van der Waals surface area (Å²) in [5.41, 5.74) is 0.195. The van der Waals surface area contributed by atoms with Crippen LogP contribution in [0.1, 0.15) is 6.92 Å². The first kappa shape index (κ1) is 19.1. The molecule has 0 unspecified atom stereocenters. The van der Waals surface area contributed by atoms with Crippen molar-refractivity contribution in [2.75, 3.05) is 20.1 Å². The van der Waals surface area contributed by atoms with Gasteiger partial charge in [-0.15, -0.1) is 0 Å². The van der Waals surface area contributed by atoms with E-state index in [2.05, 4.69) is 4.72 Å². The van der Waals surface area contributed by atoms with E-state index >= 15 is 0 Å². The molecular formula is C14H15N5O4S. The van der Waals surface area contributed by atoms with Crippen molar-refractivity contribution in [3.63, 3.8) is 0 Å². The van der Waals surface area contributed by atoms with E-state index in [1.807, 2.05) is 0 Å². The number of rotatable bonds is 7. The summed E-state index contributed by atoms with van der Waals surface area (Å²) in [6.45, 7) is 1.87. The number of sulfonamides is 1. The largest absolute Gasteiger partial charge is 0.375 e. The number of likely N-dealkylation sites (N-methyl/N-ethyl adjacent to an activating group) is 1. The number of hydrogen-bond donors (Lipinski definition) is 1. The molecule has 24 heavy (non-hydrogen) atoms. The molecule has 1 aromatic rings. The summed E-state index contributed by atoms with van der Waals surface area (Å²) in [7, 11) is -2.17. The lowest BCUT2D eigenvalue weighted by molar-refractivity contribution is -0.384. The normalized spacial score (nSPS) is 10.3. The van der Waals surface area contributed by atoms with Crippen molar-refractivity contribution in [1.82, 2.24) is 9.62 Å². The monoisotopic (exact) mass is 349 g/mol. The van der Waals surface area contributed by atoms with E-state index in [-0.39, 0.29) is 29.2 Å². The Morgan fingerprint density at radius 1 is 1.29 bits per heavy atom. The minimum Gasteiger partial charge on any atom is -0.375 e. The number of nitrogens with zero attached hydrogens (tertiary/aromatic N) is 4. The summed E-state index contributed by atoms with van der Waals surface area (Å²) in [6, 6.07) is 8.05. The SMILES string of the molecule is CC(=C(C#N)C#N)N(C)CCNS(=O)(=O)c1ccc([N+](=O)[O-])cc1. The molecule has 0 aromatic heterocycles. The zero-order chi connectivity index (χ0) is 18.3. The lowest BCUT2D eigenvalue weighted by Gasteiger charge is -2.20. The molecule has 1 aromatic carbocycles. The van der Waals surface area contributed by atoms with Gasteiger partial charge in [-0.2, -0.15) is 10.5 Å². The number of nitro groups is 1. The third kappa shape index (κ3) is 4.78. The van der Waals surface area contributed by atoms with Crippen molar-refractivity contribution in [3.05, 3.63) is 45.6 Å². The highest BCUT2D eigenvalue weighted by Gasteiger charge is 2.16. The van der Waals surface area contributed by atoms with Crippen molar-refractivity contribution in [2.24, 2.45) is 0 Å². The van der Waals surface area contributed by atoms with E-state index in [4.69, 9.17) is 10.5 Å². The fraction of sp³-hybridized carbons (Fsp3) is 0.286. The molecule has 0 fully saturated rings. The number of benzene rings is 1. The van der Waals surface area contributed by atoms with E-state index in [9.17, 15) is 18.5 Å². The van der Waals surface area contributed by atoms with E-state index in [0.29, 0.717) is 5.70 Å². The smallest absolute Gasteiger partial charge is 0.269 e. The molecule has 0 amide bonds. The van der Waals surface area contributed by atoms with Crippen LogP contribution in [0.3, 0.4) is 0 Å². The fourth-order valence-corrected chi connectivity index (χ4v) is 2.74. The number of nitro benzene ring substituents is 1. The maximum absolute atomic E-state index is 12.1. The van der Waals surface area contributed by atoms with Crippen LogP contribution in [0.2, 0.25) is 0 Å². The summed E-state index contributed by atoms with van der Waals surface area (Å²) in [6.07, 6.45) is 0. The van der Waals surface area contributed by atoms with Crippen LogP contribution in [-0.4, -0.2) is 38.4 Å². The molecule has 0 saturated carbocycles. The minimum atomic E-state index is -3.80. The van der Waals surface area contributed by atoms with Gasteiger partial charge >= 0.3 is 0 Å². The van der Waals surface area contributed by atoms with Crippen LogP contribution in [0.25, 0.3) is 0 Å². The van der Waals surface area contributed by atoms with Gasteiger partial charge in [0.25, 0.3) is 5.69 Å². The number of allylic oxidation sites excluding steroid dienone is 2. The van der Waals surface area contributed by atoms with Crippen LogP contribution in [0.15, 0.2) is 40.4 Å². The van der Waals surface area contributed by atoms with Crippen LogP contribution >= 0.6 is 0 Å². The second-order valence-electron chi connectivity index (χ2n) is 4.75. The van der Waals surface area contributed by atoms with Gasteiger partial charge in [-0.25, -0.2) is 13.1 Å². The second-order valence-corrected chi connectivity index (χ2v) is 6.52. The van der Waals surface area contributed by atoms with E-state index in [1.165, 1.54) is 0 Å². The summed E-state index contributed by atoms with van der Waals surface area (Å²) < 4.78 is 26.5. The topological polar surface area (TPSA) is 140 Å². The molecule has 126 valence electrons. The zero-order valence-corrected chi connectivity index (χ0v) is 13.9. The maximum Gasteiger partial charge on any atom is 0.269 e. The average molecular weight is 349 g/mol. The first-order valence-corrected chi connectivity index (χ1v) is 8.17. The molecule has 0 radical (unpaired) electrons. The summed E-state index contributed by atoms with van der Waals surface area (Å²) in [5.74, 6) is 0. The quantitative estimate of drug-likeness (QED) is 0.442. The summed E-state index contributed by atoms with van der Waals surface area (Å²) >= 11 is 0. The van der Waals surface area contributed by atoms with Gasteiger partial charge in [0.2, 0.25) is 10.0 Å². The lowest BCUT2D eigenvalue weighted by Crippen LogP contribution is -2.32. The first-order valence-electron chi connectivity index (χ1n) is 6.69. The van der Waals surface area contributed by atoms with Crippen LogP contribution in [0, 0.1) is 32.8 Å². The fourth-order valence-electron chi connectivity index (χ4n) is 1.72. The molecule has 0 atom stereocenters. The van der Waals surface area contributed by atoms with Crippen molar-refractivity contribution in [3.8, 4) is 12.1 Å². The second kappa shape index (κ2) is 8.06. The zero-order valence-electron chi connectivity index (χ0n) is 13.1. The predicted molar refractivity (Wildman–Crippen MR) is 84.8 cm³/mol. The standard InChI is InChI=1S/C14H15N5O4S/c1-11(12(9-15)10-16)18(2)8-7-17-24(22,23)14-5-3-13(4-6-14)19(20)21/h3-6,17H,7-8H2,1-2H3. The van der Waals surface area contributed by atoms with Gasteiger partial charge in [0, 0.05) is 38.0 Å². The van der Waals surface area contributed by atoms with Gasteiger partial charge in [0.05, 0.1) is 9.82 Å². The predicted octanol–water partition coefficient (Wildman–Crippen LogP) is 1.13. The number of nitriles is 2. The lowest BCUT2D eigenvalue weighted by atomic mass is 10.2. The molecule has 0 bridgehead atoms. The third-order valence-corrected chi connectivity index (χ3v) is 4.73. The molecule has 10 heteroatoms. The highest BCUT2D eigenvalue weighted by molar-refractivity contribution is 7.89. The molecule has 1 N–H and O–H groups in total. The van der Waals surface area contributed by atoms with Gasteiger partial charge in [0.1, 0.15) is 17.7 Å². The molecule has 0 aliphatic rings. The Labute approximate surface area is 139 Å². The third-order valence-electron chi connectivity index (χ3n) is 3.26. The van der Waals surface area contributed by atoms with Crippen molar-refractivity contribution in [2.45, 2.75) is 11.8 Å². The summed E-state index contributed by atoms with van der Waals surface area (Å²) in [4.78, 5) is 11.4. The molecule has 0 heterocycles. The van der Waals surface area contributed by atoms with E-state index in [1.54, 1.807) is 31.0 Å². The van der Waals surface area contributed by atoms with Crippen LogP contribution in [-0.2, 0) is 10.0 Å². The molecule has 0 aliphatic heterocycles. The minimum absolute atomic E-state index is 0.0390. The number of hydrogen-bond acceptors (Lipinski definition) is 7. The Hall–Kier alpha value is -2.95. The number of non-ortho nitro benzene ring substituents is 1. The maximum atomic E-state index is 12.1. The Bertz CT molecular complexity index is 815. The first-order chi connectivity index (χ1) is 11.2. The van der Waals surface area contributed by atoms with E-state index < -0.39 is 14.9 Å². The van der Waals surface area contributed by atoms with Crippen molar-refractivity contribution < 1.29 is 13.3 Å². The number of nitrogens with one attached hydrogen (secondary N) is 1. The van der Waals surface area contributed by atoms with Crippen LogP contribution < -0.4 is 4.72 Å². The molecule has 9 nitrogen and oxygen atoms in total. The Balaban J connectivity index is 2.73. The van der Waals surface area contributed by atoms with Gasteiger partial charge < -0.3 is 4.90 Å². The molecule has 1 rings (SSSR count). The van der Waals surface area contributed by atoms with Gasteiger partial charge in [0.15, 0.2) is 0 Å². The van der Waals surface area contributed by atoms with Crippen LogP contribution in [0.4, 0.5) is 5.69 Å². The van der Waals surface area contributed by atoms with Crippen molar-refractivity contribution >= 4 is 15.7 Å². The molecular weight excluding hydrogens is 334 g/mol. The molecule has 0 spiro atoms. The Kier molecular flexibility index (Phi) is 6.41.